The Hall–Kier alpha value is -2.53. The highest BCUT2D eigenvalue weighted by Gasteiger charge is 2.28. The lowest BCUT2D eigenvalue weighted by atomic mass is 10.5. The van der Waals surface area contributed by atoms with Gasteiger partial charge in [0.15, 0.2) is 0 Å². The third-order valence-corrected chi connectivity index (χ3v) is 4.96. The van der Waals surface area contributed by atoms with Gasteiger partial charge in [0.05, 0.1) is 7.11 Å². The molecule has 2 aromatic heterocycles. The fraction of sp³-hybridized carbons (Fsp3) is 0.250. The molecule has 12 heteroatoms. The van der Waals surface area contributed by atoms with E-state index in [2.05, 4.69) is 25.3 Å². The minimum absolute atomic E-state index is 0.0152. The van der Waals surface area contributed by atoms with Crippen LogP contribution >= 0.6 is 11.6 Å². The van der Waals surface area contributed by atoms with Crippen molar-refractivity contribution in [1.29, 1.82) is 0 Å². The molecule has 0 aliphatic carbocycles. The first kappa shape index (κ1) is 17.8. The lowest BCUT2D eigenvalue weighted by molar-refractivity contribution is 0.240. The highest BCUT2D eigenvalue weighted by molar-refractivity contribution is 7.89. The highest BCUT2D eigenvalue weighted by atomic mass is 35.5. The minimum atomic E-state index is -4.19. The van der Waals surface area contributed by atoms with Crippen LogP contribution in [0.1, 0.15) is 5.82 Å². The SMILES string of the molecule is COc1nc(C)nc(NC(=O)N(C)S(=O)(=O)c2cccnc2Cl)n1. The molecule has 0 aromatic carbocycles. The van der Waals surface area contributed by atoms with Gasteiger partial charge in [-0.2, -0.15) is 15.0 Å². The first-order chi connectivity index (χ1) is 11.3. The van der Waals surface area contributed by atoms with Crippen LogP contribution in [0.5, 0.6) is 6.01 Å². The maximum Gasteiger partial charge on any atom is 0.337 e. The van der Waals surface area contributed by atoms with Crippen molar-refractivity contribution in [2.75, 3.05) is 19.5 Å². The number of carbonyl (C=O) groups excluding carboxylic acids is 1. The van der Waals surface area contributed by atoms with E-state index in [1.165, 1.54) is 25.4 Å². The molecule has 2 rings (SSSR count). The summed E-state index contributed by atoms with van der Waals surface area (Å²) in [5.41, 5.74) is 0. The number of halogens is 1. The van der Waals surface area contributed by atoms with E-state index in [1.807, 2.05) is 0 Å². The fourth-order valence-electron chi connectivity index (χ4n) is 1.60. The number of pyridine rings is 1. The molecular weight excluding hydrogens is 360 g/mol. The van der Waals surface area contributed by atoms with E-state index in [9.17, 15) is 13.2 Å². The molecule has 0 aliphatic rings. The van der Waals surface area contributed by atoms with Crippen LogP contribution < -0.4 is 10.1 Å². The number of hydrogen-bond donors (Lipinski definition) is 1. The number of carbonyl (C=O) groups is 1. The molecule has 0 spiro atoms. The van der Waals surface area contributed by atoms with Gasteiger partial charge >= 0.3 is 12.0 Å². The monoisotopic (exact) mass is 372 g/mol. The van der Waals surface area contributed by atoms with E-state index in [1.54, 1.807) is 6.92 Å². The average Bonchev–Trinajstić information content (AvgIpc) is 2.53. The second-order valence-electron chi connectivity index (χ2n) is 4.39. The number of aromatic nitrogens is 4. The van der Waals surface area contributed by atoms with Crippen LogP contribution in [0, 0.1) is 6.92 Å². The lowest BCUT2D eigenvalue weighted by Crippen LogP contribution is -2.37. The Morgan fingerprint density at radius 2 is 2.04 bits per heavy atom. The standard InChI is InChI=1S/C12H13ClN6O4S/c1-7-15-10(17-11(16-7)23-3)18-12(20)19(2)24(21,22)8-5-4-6-14-9(8)13/h4-6H,1-3H3,(H,15,16,17,18,20). The maximum atomic E-state index is 12.4. The number of anilines is 1. The number of nitrogens with one attached hydrogen (secondary N) is 1. The van der Waals surface area contributed by atoms with Gasteiger partial charge in [-0.3, -0.25) is 5.32 Å². The number of methoxy groups -OCH3 is 1. The topological polar surface area (TPSA) is 127 Å². The summed E-state index contributed by atoms with van der Waals surface area (Å²) in [6.07, 6.45) is 1.33. The Kier molecular flexibility index (Phi) is 5.14. The van der Waals surface area contributed by atoms with Crippen LogP contribution in [-0.2, 0) is 10.0 Å². The predicted octanol–water partition coefficient (Wildman–Crippen LogP) is 1.09. The molecule has 0 fully saturated rings. The van der Waals surface area contributed by atoms with Gasteiger partial charge < -0.3 is 4.74 Å². The van der Waals surface area contributed by atoms with Gasteiger partial charge in [0.1, 0.15) is 15.9 Å². The zero-order valence-corrected chi connectivity index (χ0v) is 14.5. The van der Waals surface area contributed by atoms with Gasteiger partial charge in [0.25, 0.3) is 10.0 Å². The molecule has 0 saturated heterocycles. The summed E-state index contributed by atoms with van der Waals surface area (Å²) in [6.45, 7) is 1.57. The summed E-state index contributed by atoms with van der Waals surface area (Å²) in [4.78, 5) is 27.1. The van der Waals surface area contributed by atoms with Crippen LogP contribution in [0.3, 0.4) is 0 Å². The van der Waals surface area contributed by atoms with E-state index in [4.69, 9.17) is 16.3 Å². The average molecular weight is 373 g/mol. The minimum Gasteiger partial charge on any atom is -0.467 e. The van der Waals surface area contributed by atoms with E-state index < -0.39 is 16.1 Å². The molecule has 24 heavy (non-hydrogen) atoms. The normalized spacial score (nSPS) is 11.0. The molecule has 2 heterocycles. The molecular formula is C12H13ClN6O4S. The summed E-state index contributed by atoms with van der Waals surface area (Å²) < 4.78 is 30.2. The van der Waals surface area contributed by atoms with Crippen LogP contribution in [0.25, 0.3) is 0 Å². The summed E-state index contributed by atoms with van der Waals surface area (Å²) >= 11 is 5.78. The molecule has 0 atom stereocenters. The Labute approximate surface area is 142 Å². The Morgan fingerprint density at radius 1 is 1.33 bits per heavy atom. The molecule has 0 aliphatic heterocycles. The van der Waals surface area contributed by atoms with E-state index in [0.717, 1.165) is 7.05 Å². The second-order valence-corrected chi connectivity index (χ2v) is 6.68. The Balaban J connectivity index is 2.27. The molecule has 0 radical (unpaired) electrons. The summed E-state index contributed by atoms with van der Waals surface area (Å²) in [6, 6.07) is 1.64. The van der Waals surface area contributed by atoms with Crippen molar-refractivity contribution in [2.24, 2.45) is 0 Å². The zero-order valence-electron chi connectivity index (χ0n) is 12.9. The lowest BCUT2D eigenvalue weighted by Gasteiger charge is -2.18. The van der Waals surface area contributed by atoms with Crippen molar-refractivity contribution < 1.29 is 17.9 Å². The van der Waals surface area contributed by atoms with E-state index >= 15 is 0 Å². The van der Waals surface area contributed by atoms with Crippen LogP contribution in [0.4, 0.5) is 10.7 Å². The molecule has 0 saturated carbocycles. The number of sulfonamides is 1. The van der Waals surface area contributed by atoms with Gasteiger partial charge in [-0.25, -0.2) is 22.5 Å². The first-order valence-corrected chi connectivity index (χ1v) is 8.24. The smallest absolute Gasteiger partial charge is 0.337 e. The van der Waals surface area contributed by atoms with Crippen LogP contribution in [0.15, 0.2) is 23.2 Å². The number of ether oxygens (including phenoxy) is 1. The molecule has 10 nitrogen and oxygen atoms in total. The van der Waals surface area contributed by atoms with Crippen molar-refractivity contribution in [3.05, 3.63) is 29.3 Å². The van der Waals surface area contributed by atoms with Crippen molar-refractivity contribution in [3.63, 3.8) is 0 Å². The van der Waals surface area contributed by atoms with Crippen molar-refractivity contribution >= 4 is 33.6 Å². The summed E-state index contributed by atoms with van der Waals surface area (Å²) in [7, 11) is -1.77. The zero-order chi connectivity index (χ0) is 17.9. The number of urea groups is 1. The molecule has 0 bridgehead atoms. The molecule has 1 N–H and O–H groups in total. The van der Waals surface area contributed by atoms with Gasteiger partial charge in [0, 0.05) is 13.2 Å². The number of hydrogen-bond acceptors (Lipinski definition) is 8. The third kappa shape index (κ3) is 3.68. The van der Waals surface area contributed by atoms with Gasteiger partial charge in [-0.15, -0.1) is 0 Å². The van der Waals surface area contributed by atoms with Crippen molar-refractivity contribution in [2.45, 2.75) is 11.8 Å². The molecule has 2 amide bonds. The molecule has 128 valence electrons. The maximum absolute atomic E-state index is 12.4. The number of amides is 2. The number of aryl methyl sites for hydroxylation is 1. The molecule has 2 aromatic rings. The first-order valence-electron chi connectivity index (χ1n) is 6.43. The largest absolute Gasteiger partial charge is 0.467 e. The van der Waals surface area contributed by atoms with E-state index in [-0.39, 0.29) is 27.8 Å². The summed E-state index contributed by atoms with van der Waals surface area (Å²) in [5.74, 6) is 0.140. The van der Waals surface area contributed by atoms with Crippen molar-refractivity contribution in [1.82, 2.24) is 24.2 Å². The van der Waals surface area contributed by atoms with Gasteiger partial charge in [-0.05, 0) is 19.1 Å². The fourth-order valence-corrected chi connectivity index (χ4v) is 3.09. The number of nitrogens with zero attached hydrogens (tertiary/aromatic N) is 5. The Morgan fingerprint density at radius 3 is 2.67 bits per heavy atom. The van der Waals surface area contributed by atoms with E-state index in [0.29, 0.717) is 4.31 Å². The van der Waals surface area contributed by atoms with Gasteiger partial charge in [0.2, 0.25) is 5.95 Å². The van der Waals surface area contributed by atoms with Crippen LogP contribution in [0.2, 0.25) is 5.15 Å². The quantitative estimate of drug-likeness (QED) is 0.790. The Bertz CT molecular complexity index is 876. The third-order valence-electron chi connectivity index (χ3n) is 2.78. The van der Waals surface area contributed by atoms with Gasteiger partial charge in [-0.1, -0.05) is 11.6 Å². The van der Waals surface area contributed by atoms with Crippen LogP contribution in [-0.4, -0.2) is 52.8 Å². The predicted molar refractivity (Wildman–Crippen MR) is 84.3 cm³/mol. The summed E-state index contributed by atoms with van der Waals surface area (Å²) in [5, 5.41) is 2.01. The second kappa shape index (κ2) is 6.93. The highest BCUT2D eigenvalue weighted by Crippen LogP contribution is 2.21. The number of rotatable bonds is 4. The molecule has 0 unspecified atom stereocenters. The van der Waals surface area contributed by atoms with Crippen molar-refractivity contribution in [3.8, 4) is 6.01 Å².